The summed E-state index contributed by atoms with van der Waals surface area (Å²) in [4.78, 5) is 22.7. The molecule has 0 unspecified atom stereocenters. The van der Waals surface area contributed by atoms with Gasteiger partial charge in [-0.3, -0.25) is 4.79 Å². The molecule has 2 N–H and O–H groups in total. The second-order valence-electron chi connectivity index (χ2n) is 3.89. The lowest BCUT2D eigenvalue weighted by Gasteiger charge is -2.16. The Morgan fingerprint density at radius 3 is 2.32 bits per heavy atom. The van der Waals surface area contributed by atoms with Gasteiger partial charge in [0.15, 0.2) is 0 Å². The average Bonchev–Trinajstić information content (AvgIpc) is 2.33. The zero-order valence-corrected chi connectivity index (χ0v) is 13.5. The van der Waals surface area contributed by atoms with Gasteiger partial charge in [0.1, 0.15) is 11.8 Å². The molecule has 1 atom stereocenters. The number of phenolic OH excluding ortho intramolecular Hbond substituents is 1. The Kier molecular flexibility index (Phi) is 5.81. The predicted molar refractivity (Wildman–Crippen MR) is 76.8 cm³/mol. The fraction of sp³-hybridized carbons (Fsp3) is 0.333. The summed E-state index contributed by atoms with van der Waals surface area (Å²) in [6, 6.07) is 2.60. The lowest BCUT2D eigenvalue weighted by Crippen LogP contribution is -2.41. The Labute approximate surface area is 127 Å². The Morgan fingerprint density at radius 1 is 1.37 bits per heavy atom. The van der Waals surface area contributed by atoms with E-state index in [0.29, 0.717) is 8.95 Å². The maximum Gasteiger partial charge on any atom is 0.328 e. The first kappa shape index (κ1) is 16.0. The molecular formula is C12H13Br2NO4. The molecule has 1 aromatic carbocycles. The molecule has 0 aliphatic heterocycles. The summed E-state index contributed by atoms with van der Waals surface area (Å²) < 4.78 is 5.65. The number of rotatable bonds is 4. The minimum atomic E-state index is -0.758. The van der Waals surface area contributed by atoms with Crippen LogP contribution in [0.3, 0.4) is 0 Å². The fourth-order valence-electron chi connectivity index (χ4n) is 1.55. The number of phenols is 1. The summed E-state index contributed by atoms with van der Waals surface area (Å²) in [5.41, 5.74) is 0.765. The molecule has 0 aliphatic carbocycles. The standard InChI is InChI=1S/C12H13Br2NO4/c1-6(16)15-10(12(18)19-2)5-7-3-8(13)11(17)9(14)4-7/h3-4,10,17H,5H2,1-2H3,(H,15,16)/t10-/m0/s1. The van der Waals surface area contributed by atoms with E-state index in [4.69, 9.17) is 0 Å². The first-order valence-corrected chi connectivity index (χ1v) is 6.95. The number of nitrogens with one attached hydrogen (secondary N) is 1. The molecule has 0 heterocycles. The van der Waals surface area contributed by atoms with Crippen LogP contribution in [0.15, 0.2) is 21.1 Å². The van der Waals surface area contributed by atoms with Gasteiger partial charge >= 0.3 is 5.97 Å². The highest BCUT2D eigenvalue weighted by molar-refractivity contribution is 9.11. The van der Waals surface area contributed by atoms with Crippen LogP contribution in [0, 0.1) is 0 Å². The molecule has 1 aromatic rings. The van der Waals surface area contributed by atoms with Crippen LogP contribution >= 0.6 is 31.9 Å². The third kappa shape index (κ3) is 4.50. The van der Waals surface area contributed by atoms with Gasteiger partial charge < -0.3 is 15.2 Å². The van der Waals surface area contributed by atoms with Crippen molar-refractivity contribution in [2.24, 2.45) is 0 Å². The van der Waals surface area contributed by atoms with Gasteiger partial charge in [-0.25, -0.2) is 4.79 Å². The number of amides is 1. The predicted octanol–water partition coefficient (Wildman–Crippen LogP) is 2.14. The number of carbonyl (C=O) groups is 2. The van der Waals surface area contributed by atoms with Gasteiger partial charge in [0.05, 0.1) is 16.1 Å². The molecule has 0 saturated heterocycles. The Morgan fingerprint density at radius 2 is 1.89 bits per heavy atom. The van der Waals surface area contributed by atoms with Crippen molar-refractivity contribution in [2.45, 2.75) is 19.4 Å². The second kappa shape index (κ2) is 6.91. The van der Waals surface area contributed by atoms with E-state index in [1.165, 1.54) is 14.0 Å². The van der Waals surface area contributed by atoms with Gasteiger partial charge in [-0.15, -0.1) is 0 Å². The number of hydrogen-bond donors (Lipinski definition) is 2. The van der Waals surface area contributed by atoms with E-state index in [2.05, 4.69) is 41.9 Å². The normalized spacial score (nSPS) is 11.8. The highest BCUT2D eigenvalue weighted by atomic mass is 79.9. The second-order valence-corrected chi connectivity index (χ2v) is 5.60. The van der Waals surface area contributed by atoms with Crippen LogP contribution in [0.2, 0.25) is 0 Å². The Bertz CT molecular complexity index is 481. The van der Waals surface area contributed by atoms with Crippen molar-refractivity contribution in [1.29, 1.82) is 0 Å². The number of methoxy groups -OCH3 is 1. The molecule has 7 heteroatoms. The molecule has 0 spiro atoms. The summed E-state index contributed by atoms with van der Waals surface area (Å²) in [5, 5.41) is 12.1. The third-order valence-corrected chi connectivity index (χ3v) is 3.59. The van der Waals surface area contributed by atoms with Gasteiger partial charge in [-0.05, 0) is 49.6 Å². The van der Waals surface area contributed by atoms with Crippen molar-refractivity contribution in [2.75, 3.05) is 7.11 Å². The number of carbonyl (C=O) groups excluding carboxylic acids is 2. The van der Waals surface area contributed by atoms with E-state index < -0.39 is 12.0 Å². The Balaban J connectivity index is 2.96. The number of halogens is 2. The molecule has 0 fully saturated rings. The van der Waals surface area contributed by atoms with Gasteiger partial charge in [0.2, 0.25) is 5.91 Å². The van der Waals surface area contributed by atoms with E-state index in [0.717, 1.165) is 5.56 Å². The summed E-state index contributed by atoms with van der Waals surface area (Å²) in [6.07, 6.45) is 0.268. The topological polar surface area (TPSA) is 75.6 Å². The highest BCUT2D eigenvalue weighted by Crippen LogP contribution is 2.33. The number of aromatic hydroxyl groups is 1. The molecule has 0 radical (unpaired) electrons. The van der Waals surface area contributed by atoms with E-state index in [9.17, 15) is 14.7 Å². The van der Waals surface area contributed by atoms with Gasteiger partial charge in [-0.1, -0.05) is 0 Å². The van der Waals surface area contributed by atoms with Crippen LogP contribution < -0.4 is 5.32 Å². The first-order chi connectivity index (χ1) is 8.85. The van der Waals surface area contributed by atoms with Crippen LogP contribution in [0.25, 0.3) is 0 Å². The maximum atomic E-state index is 11.6. The summed E-state index contributed by atoms with van der Waals surface area (Å²) in [5.74, 6) is -0.749. The van der Waals surface area contributed by atoms with Gasteiger partial charge in [-0.2, -0.15) is 0 Å². The SMILES string of the molecule is COC(=O)[C@H](Cc1cc(Br)c(O)c(Br)c1)NC(C)=O. The molecule has 104 valence electrons. The van der Waals surface area contributed by atoms with Crippen molar-refractivity contribution in [3.8, 4) is 5.75 Å². The number of esters is 1. The Hall–Kier alpha value is -1.08. The average molecular weight is 395 g/mol. The fourth-order valence-corrected chi connectivity index (χ4v) is 2.83. The van der Waals surface area contributed by atoms with Crippen LogP contribution in [-0.2, 0) is 20.7 Å². The zero-order valence-electron chi connectivity index (χ0n) is 10.4. The summed E-state index contributed by atoms with van der Waals surface area (Å²) in [6.45, 7) is 1.33. The lowest BCUT2D eigenvalue weighted by atomic mass is 10.1. The summed E-state index contributed by atoms with van der Waals surface area (Å²) >= 11 is 6.42. The number of hydrogen-bond acceptors (Lipinski definition) is 4. The summed E-state index contributed by atoms with van der Waals surface area (Å²) in [7, 11) is 1.26. The van der Waals surface area contributed by atoms with Crippen molar-refractivity contribution in [1.82, 2.24) is 5.32 Å². The number of ether oxygens (including phenoxy) is 1. The van der Waals surface area contributed by atoms with Gasteiger partial charge in [0.25, 0.3) is 0 Å². The molecular weight excluding hydrogens is 382 g/mol. The molecule has 0 saturated carbocycles. The van der Waals surface area contributed by atoms with E-state index in [-0.39, 0.29) is 18.1 Å². The first-order valence-electron chi connectivity index (χ1n) is 5.37. The van der Waals surface area contributed by atoms with E-state index in [1.54, 1.807) is 12.1 Å². The molecule has 1 rings (SSSR count). The number of benzene rings is 1. The third-order valence-electron chi connectivity index (χ3n) is 2.38. The molecule has 0 aromatic heterocycles. The van der Waals surface area contributed by atoms with Crippen molar-refractivity contribution in [3.05, 3.63) is 26.6 Å². The van der Waals surface area contributed by atoms with Crippen molar-refractivity contribution >= 4 is 43.7 Å². The largest absolute Gasteiger partial charge is 0.506 e. The molecule has 1 amide bonds. The van der Waals surface area contributed by atoms with Crippen LogP contribution in [-0.4, -0.2) is 30.1 Å². The lowest BCUT2D eigenvalue weighted by molar-refractivity contribution is -0.144. The smallest absolute Gasteiger partial charge is 0.328 e. The quantitative estimate of drug-likeness (QED) is 0.767. The van der Waals surface area contributed by atoms with Crippen LogP contribution in [0.5, 0.6) is 5.75 Å². The van der Waals surface area contributed by atoms with E-state index in [1.807, 2.05) is 0 Å². The maximum absolute atomic E-state index is 11.6. The molecule has 19 heavy (non-hydrogen) atoms. The molecule has 0 bridgehead atoms. The molecule has 0 aliphatic rings. The van der Waals surface area contributed by atoms with Gasteiger partial charge in [0, 0.05) is 13.3 Å². The van der Waals surface area contributed by atoms with Crippen molar-refractivity contribution < 1.29 is 19.4 Å². The van der Waals surface area contributed by atoms with Crippen LogP contribution in [0.1, 0.15) is 12.5 Å². The minimum absolute atomic E-state index is 0.0814. The zero-order chi connectivity index (χ0) is 14.6. The minimum Gasteiger partial charge on any atom is -0.506 e. The molecule has 5 nitrogen and oxygen atoms in total. The highest BCUT2D eigenvalue weighted by Gasteiger charge is 2.21. The monoisotopic (exact) mass is 393 g/mol. The van der Waals surface area contributed by atoms with E-state index >= 15 is 0 Å². The van der Waals surface area contributed by atoms with Crippen molar-refractivity contribution in [3.63, 3.8) is 0 Å². The van der Waals surface area contributed by atoms with Crippen LogP contribution in [0.4, 0.5) is 0 Å².